The van der Waals surface area contributed by atoms with Gasteiger partial charge in [0, 0.05) is 0 Å². The number of nitrogens with zero attached hydrogens (tertiary/aromatic N) is 2. The molecule has 1 saturated carbocycles. The zero-order chi connectivity index (χ0) is 14.8. The molecule has 0 bridgehead atoms. The van der Waals surface area contributed by atoms with Crippen LogP contribution >= 0.6 is 0 Å². The smallest absolute Gasteiger partial charge is 0.109 e. The predicted molar refractivity (Wildman–Crippen MR) is 85.6 cm³/mol. The fourth-order valence-electron chi connectivity index (χ4n) is 3.54. The molecule has 0 heterocycles. The molecular weight excluding hydrogens is 246 g/mol. The van der Waals surface area contributed by atoms with Crippen molar-refractivity contribution >= 4 is 0 Å². The van der Waals surface area contributed by atoms with Crippen molar-refractivity contribution in [2.24, 2.45) is 5.92 Å². The SMILES string of the molecule is CCCNC1(C#N)CCCC1CCN(CCC)CCC. The molecule has 1 rings (SSSR count). The van der Waals surface area contributed by atoms with Gasteiger partial charge in [0.2, 0.25) is 0 Å². The van der Waals surface area contributed by atoms with E-state index < -0.39 is 0 Å². The molecule has 116 valence electrons. The van der Waals surface area contributed by atoms with Gasteiger partial charge in [0.05, 0.1) is 6.07 Å². The Hall–Kier alpha value is -0.590. The second-order valence-corrected chi connectivity index (χ2v) is 6.23. The minimum atomic E-state index is -0.236. The van der Waals surface area contributed by atoms with Crippen LogP contribution in [0, 0.1) is 17.2 Å². The molecule has 1 aliphatic carbocycles. The van der Waals surface area contributed by atoms with Crippen molar-refractivity contribution in [1.82, 2.24) is 10.2 Å². The molecule has 0 aromatic rings. The third-order valence-corrected chi connectivity index (χ3v) is 4.58. The van der Waals surface area contributed by atoms with Gasteiger partial charge in [-0.15, -0.1) is 0 Å². The summed E-state index contributed by atoms with van der Waals surface area (Å²) in [6, 6.07) is 2.62. The average molecular weight is 279 g/mol. The summed E-state index contributed by atoms with van der Waals surface area (Å²) in [6.07, 6.45) is 8.19. The highest BCUT2D eigenvalue weighted by Crippen LogP contribution is 2.37. The van der Waals surface area contributed by atoms with Gasteiger partial charge in [-0.05, 0) is 70.6 Å². The van der Waals surface area contributed by atoms with E-state index in [1.807, 2.05) is 0 Å². The zero-order valence-electron chi connectivity index (χ0n) is 13.7. The van der Waals surface area contributed by atoms with Crippen LogP contribution in [0.15, 0.2) is 0 Å². The van der Waals surface area contributed by atoms with Crippen molar-refractivity contribution in [3.05, 3.63) is 0 Å². The van der Waals surface area contributed by atoms with Gasteiger partial charge >= 0.3 is 0 Å². The fourth-order valence-corrected chi connectivity index (χ4v) is 3.54. The number of rotatable bonds is 10. The predicted octanol–water partition coefficient (Wildman–Crippen LogP) is 3.56. The van der Waals surface area contributed by atoms with Gasteiger partial charge in [-0.1, -0.05) is 27.2 Å². The van der Waals surface area contributed by atoms with E-state index in [1.165, 1.54) is 45.2 Å². The number of nitrogens with one attached hydrogen (secondary N) is 1. The lowest BCUT2D eigenvalue weighted by molar-refractivity contribution is 0.222. The van der Waals surface area contributed by atoms with Gasteiger partial charge in [-0.2, -0.15) is 5.26 Å². The number of nitriles is 1. The van der Waals surface area contributed by atoms with Crippen molar-refractivity contribution in [2.45, 2.75) is 71.3 Å². The zero-order valence-corrected chi connectivity index (χ0v) is 13.7. The van der Waals surface area contributed by atoms with Crippen molar-refractivity contribution in [3.8, 4) is 6.07 Å². The molecule has 20 heavy (non-hydrogen) atoms. The Balaban J connectivity index is 2.53. The maximum absolute atomic E-state index is 9.66. The standard InChI is InChI=1S/C17H33N3/c1-4-11-19-17(15-18)10-7-8-16(17)9-14-20(12-5-2)13-6-3/h16,19H,4-14H2,1-3H3. The second kappa shape index (κ2) is 9.37. The maximum Gasteiger partial charge on any atom is 0.109 e. The van der Waals surface area contributed by atoms with Gasteiger partial charge in [0.1, 0.15) is 5.54 Å². The molecule has 1 aliphatic rings. The Morgan fingerprint density at radius 3 is 2.40 bits per heavy atom. The van der Waals surface area contributed by atoms with Crippen molar-refractivity contribution in [2.75, 3.05) is 26.2 Å². The molecule has 0 saturated heterocycles. The molecular formula is C17H33N3. The molecule has 0 aliphatic heterocycles. The summed E-state index contributed by atoms with van der Waals surface area (Å²) in [5.74, 6) is 0.537. The van der Waals surface area contributed by atoms with Crippen LogP contribution < -0.4 is 5.32 Å². The lowest BCUT2D eigenvalue weighted by atomic mass is 9.85. The first-order valence-corrected chi connectivity index (χ1v) is 8.61. The maximum atomic E-state index is 9.66. The number of hydrogen-bond donors (Lipinski definition) is 1. The molecule has 0 radical (unpaired) electrons. The van der Waals surface area contributed by atoms with Crippen LogP contribution in [0.1, 0.15) is 65.7 Å². The molecule has 3 heteroatoms. The van der Waals surface area contributed by atoms with Crippen molar-refractivity contribution in [1.29, 1.82) is 5.26 Å². The third-order valence-electron chi connectivity index (χ3n) is 4.58. The van der Waals surface area contributed by atoms with E-state index >= 15 is 0 Å². The van der Waals surface area contributed by atoms with E-state index in [2.05, 4.69) is 37.1 Å². The lowest BCUT2D eigenvalue weighted by Gasteiger charge is -2.32. The summed E-state index contributed by atoms with van der Waals surface area (Å²) in [7, 11) is 0. The molecule has 3 nitrogen and oxygen atoms in total. The van der Waals surface area contributed by atoms with Crippen LogP contribution in [-0.2, 0) is 0 Å². The molecule has 0 aromatic carbocycles. The molecule has 0 aromatic heterocycles. The molecule has 1 N–H and O–H groups in total. The highest BCUT2D eigenvalue weighted by atomic mass is 15.1. The molecule has 0 spiro atoms. The molecule has 0 amide bonds. The first-order chi connectivity index (χ1) is 9.72. The van der Waals surface area contributed by atoms with Gasteiger partial charge in [0.15, 0.2) is 0 Å². The molecule has 2 atom stereocenters. The minimum absolute atomic E-state index is 0.236. The van der Waals surface area contributed by atoms with Gasteiger partial charge in [-0.3, -0.25) is 5.32 Å². The van der Waals surface area contributed by atoms with Crippen LogP contribution in [-0.4, -0.2) is 36.6 Å². The topological polar surface area (TPSA) is 39.1 Å². The lowest BCUT2D eigenvalue weighted by Crippen LogP contribution is -2.48. The quantitative estimate of drug-likeness (QED) is 0.664. The summed E-state index contributed by atoms with van der Waals surface area (Å²) in [5.41, 5.74) is -0.236. The van der Waals surface area contributed by atoms with Crippen LogP contribution in [0.5, 0.6) is 0 Å². The average Bonchev–Trinajstić information content (AvgIpc) is 2.86. The van der Waals surface area contributed by atoms with Gasteiger partial charge in [-0.25, -0.2) is 0 Å². The van der Waals surface area contributed by atoms with Crippen molar-refractivity contribution in [3.63, 3.8) is 0 Å². The Morgan fingerprint density at radius 2 is 1.85 bits per heavy atom. The van der Waals surface area contributed by atoms with E-state index in [1.54, 1.807) is 0 Å². The van der Waals surface area contributed by atoms with Crippen LogP contribution in [0.4, 0.5) is 0 Å². The third kappa shape index (κ3) is 4.75. The van der Waals surface area contributed by atoms with Gasteiger partial charge < -0.3 is 4.90 Å². The Bertz CT molecular complexity index is 291. The Morgan fingerprint density at radius 1 is 1.15 bits per heavy atom. The van der Waals surface area contributed by atoms with Gasteiger partial charge in [0.25, 0.3) is 0 Å². The number of hydrogen-bond acceptors (Lipinski definition) is 3. The monoisotopic (exact) mass is 279 g/mol. The van der Waals surface area contributed by atoms with Crippen LogP contribution in [0.2, 0.25) is 0 Å². The first-order valence-electron chi connectivity index (χ1n) is 8.61. The summed E-state index contributed by atoms with van der Waals surface area (Å²) in [4.78, 5) is 2.57. The van der Waals surface area contributed by atoms with E-state index in [4.69, 9.17) is 0 Å². The highest BCUT2D eigenvalue weighted by molar-refractivity contribution is 5.14. The summed E-state index contributed by atoms with van der Waals surface area (Å²) < 4.78 is 0. The van der Waals surface area contributed by atoms with Crippen LogP contribution in [0.25, 0.3) is 0 Å². The fraction of sp³-hybridized carbons (Fsp3) is 0.941. The second-order valence-electron chi connectivity index (χ2n) is 6.23. The summed E-state index contributed by atoms with van der Waals surface area (Å²) >= 11 is 0. The first kappa shape index (κ1) is 17.5. The van der Waals surface area contributed by atoms with E-state index in [-0.39, 0.29) is 5.54 Å². The molecule has 2 unspecified atom stereocenters. The van der Waals surface area contributed by atoms with E-state index in [0.29, 0.717) is 5.92 Å². The summed E-state index contributed by atoms with van der Waals surface area (Å²) in [5, 5.41) is 13.2. The largest absolute Gasteiger partial charge is 0.303 e. The Labute approximate surface area is 125 Å². The highest BCUT2D eigenvalue weighted by Gasteiger charge is 2.42. The normalized spacial score (nSPS) is 26.1. The summed E-state index contributed by atoms with van der Waals surface area (Å²) in [6.45, 7) is 11.2. The van der Waals surface area contributed by atoms with Crippen LogP contribution in [0.3, 0.4) is 0 Å². The van der Waals surface area contributed by atoms with E-state index in [0.717, 1.165) is 25.9 Å². The molecule has 1 fully saturated rings. The van der Waals surface area contributed by atoms with Crippen molar-refractivity contribution < 1.29 is 0 Å². The minimum Gasteiger partial charge on any atom is -0.303 e. The Kier molecular flexibility index (Phi) is 8.18. The van der Waals surface area contributed by atoms with E-state index in [9.17, 15) is 5.26 Å².